The largest absolute Gasteiger partial charge is 0.396 e. The van der Waals surface area contributed by atoms with Gasteiger partial charge in [0.05, 0.1) is 12.1 Å². The Morgan fingerprint density at radius 1 is 1.43 bits per heavy atom. The Kier molecular flexibility index (Phi) is 8.08. The van der Waals surface area contributed by atoms with Gasteiger partial charge in [0.25, 0.3) is 0 Å². The summed E-state index contributed by atoms with van der Waals surface area (Å²) in [7, 11) is 0. The minimum atomic E-state index is -0.133. The van der Waals surface area contributed by atoms with Gasteiger partial charge in [-0.2, -0.15) is 0 Å². The second kappa shape index (κ2) is 8.17. The Hall–Kier alpha value is -0.160. The first-order valence-electron chi connectivity index (χ1n) is 5.32. The first-order valence-corrected chi connectivity index (χ1v) is 5.32. The van der Waals surface area contributed by atoms with Crippen LogP contribution < -0.4 is 11.1 Å². The van der Waals surface area contributed by atoms with Crippen molar-refractivity contribution in [2.45, 2.75) is 32.2 Å². The first-order chi connectivity index (χ1) is 6.68. The highest BCUT2D eigenvalue weighted by molar-refractivity contribution is 4.83. The minimum Gasteiger partial charge on any atom is -0.396 e. The van der Waals surface area contributed by atoms with Crippen molar-refractivity contribution < 1.29 is 9.84 Å². The maximum atomic E-state index is 8.62. The molecule has 0 aliphatic rings. The summed E-state index contributed by atoms with van der Waals surface area (Å²) < 4.78 is 5.35. The van der Waals surface area contributed by atoms with Gasteiger partial charge in [-0.3, -0.25) is 0 Å². The highest BCUT2D eigenvalue weighted by Crippen LogP contribution is 2.02. The fourth-order valence-electron chi connectivity index (χ4n) is 1.14. The molecule has 0 aromatic heterocycles. The van der Waals surface area contributed by atoms with Crippen LogP contribution in [0.25, 0.3) is 0 Å². The van der Waals surface area contributed by atoms with Gasteiger partial charge in [-0.05, 0) is 33.2 Å². The summed E-state index contributed by atoms with van der Waals surface area (Å²) >= 11 is 0. The molecule has 0 saturated heterocycles. The molecule has 14 heavy (non-hydrogen) atoms. The van der Waals surface area contributed by atoms with Gasteiger partial charge in [0.2, 0.25) is 0 Å². The summed E-state index contributed by atoms with van der Waals surface area (Å²) in [5.41, 5.74) is 5.54. The maximum Gasteiger partial charge on any atom is 0.0657 e. The van der Waals surface area contributed by atoms with E-state index in [1.54, 1.807) is 0 Å². The van der Waals surface area contributed by atoms with Gasteiger partial charge in [-0.25, -0.2) is 0 Å². The lowest BCUT2D eigenvalue weighted by atomic mass is 10.0. The van der Waals surface area contributed by atoms with Gasteiger partial charge in [0.15, 0.2) is 0 Å². The van der Waals surface area contributed by atoms with Crippen molar-refractivity contribution in [3.63, 3.8) is 0 Å². The van der Waals surface area contributed by atoms with E-state index in [9.17, 15) is 0 Å². The molecule has 0 bridgehead atoms. The van der Waals surface area contributed by atoms with Gasteiger partial charge >= 0.3 is 0 Å². The summed E-state index contributed by atoms with van der Waals surface area (Å²) in [4.78, 5) is 0. The molecule has 0 heterocycles. The Bertz CT molecular complexity index is 133. The Labute approximate surface area is 86.8 Å². The number of aliphatic hydroxyl groups is 1. The fourth-order valence-corrected chi connectivity index (χ4v) is 1.14. The lowest BCUT2D eigenvalue weighted by Gasteiger charge is -2.29. The van der Waals surface area contributed by atoms with Crippen molar-refractivity contribution >= 4 is 0 Å². The topological polar surface area (TPSA) is 67.5 Å². The highest BCUT2D eigenvalue weighted by Gasteiger charge is 2.21. The third-order valence-electron chi connectivity index (χ3n) is 2.21. The van der Waals surface area contributed by atoms with Crippen molar-refractivity contribution in [1.82, 2.24) is 5.32 Å². The average molecular weight is 204 g/mol. The number of unbranched alkanes of at least 4 members (excludes halogenated alkanes) is 1. The lowest BCUT2D eigenvalue weighted by Crippen LogP contribution is -2.52. The second-order valence-corrected chi connectivity index (χ2v) is 3.76. The van der Waals surface area contributed by atoms with Crippen LogP contribution >= 0.6 is 0 Å². The van der Waals surface area contributed by atoms with Crippen LogP contribution in [0.2, 0.25) is 0 Å². The smallest absolute Gasteiger partial charge is 0.0657 e. The zero-order chi connectivity index (χ0) is 10.9. The predicted octanol–water partition coefficient (Wildman–Crippen LogP) is 0.102. The molecule has 0 amide bonds. The third kappa shape index (κ3) is 6.32. The van der Waals surface area contributed by atoms with Crippen LogP contribution in [-0.2, 0) is 4.74 Å². The molecule has 0 aromatic rings. The van der Waals surface area contributed by atoms with Crippen LogP contribution in [0.3, 0.4) is 0 Å². The molecule has 0 saturated carbocycles. The van der Waals surface area contributed by atoms with E-state index >= 15 is 0 Å². The second-order valence-electron chi connectivity index (χ2n) is 3.76. The van der Waals surface area contributed by atoms with Crippen LogP contribution in [0, 0.1) is 0 Å². The van der Waals surface area contributed by atoms with Crippen molar-refractivity contribution in [2.24, 2.45) is 5.73 Å². The van der Waals surface area contributed by atoms with Crippen LogP contribution in [0.15, 0.2) is 0 Å². The summed E-state index contributed by atoms with van der Waals surface area (Å²) in [6, 6.07) is 0. The molecule has 0 aliphatic heterocycles. The van der Waals surface area contributed by atoms with E-state index in [0.29, 0.717) is 19.8 Å². The molecule has 1 atom stereocenters. The molecular weight excluding hydrogens is 180 g/mol. The SMILES string of the molecule is CCOCC(C)(CN)NCCCCO. The van der Waals surface area contributed by atoms with Gasteiger partial charge in [0.1, 0.15) is 0 Å². The number of hydrogen-bond donors (Lipinski definition) is 3. The number of rotatable bonds is 9. The maximum absolute atomic E-state index is 8.62. The van der Waals surface area contributed by atoms with Crippen LogP contribution in [0.4, 0.5) is 0 Å². The minimum absolute atomic E-state index is 0.133. The number of hydrogen-bond acceptors (Lipinski definition) is 4. The monoisotopic (exact) mass is 204 g/mol. The molecule has 0 spiro atoms. The van der Waals surface area contributed by atoms with E-state index in [-0.39, 0.29) is 12.1 Å². The normalized spacial score (nSPS) is 15.4. The Morgan fingerprint density at radius 3 is 2.64 bits per heavy atom. The van der Waals surface area contributed by atoms with Crippen LogP contribution in [0.1, 0.15) is 26.7 Å². The molecule has 0 aromatic carbocycles. The molecule has 0 radical (unpaired) electrons. The average Bonchev–Trinajstić information content (AvgIpc) is 2.22. The standard InChI is InChI=1S/C10H24N2O2/c1-3-14-9-10(2,8-11)12-6-4-5-7-13/h12-13H,3-9,11H2,1-2H3. The van der Waals surface area contributed by atoms with Crippen LogP contribution in [0.5, 0.6) is 0 Å². The van der Waals surface area contributed by atoms with Gasteiger partial charge < -0.3 is 20.9 Å². The number of aliphatic hydroxyl groups excluding tert-OH is 1. The molecule has 86 valence electrons. The molecule has 0 aliphatic carbocycles. The van der Waals surface area contributed by atoms with E-state index < -0.39 is 0 Å². The number of nitrogens with two attached hydrogens (primary N) is 1. The van der Waals surface area contributed by atoms with E-state index in [2.05, 4.69) is 12.2 Å². The summed E-state index contributed by atoms with van der Waals surface area (Å²) in [5.74, 6) is 0. The Balaban J connectivity index is 3.63. The summed E-state index contributed by atoms with van der Waals surface area (Å²) in [6.45, 7) is 7.08. The zero-order valence-corrected chi connectivity index (χ0v) is 9.38. The predicted molar refractivity (Wildman–Crippen MR) is 58.3 cm³/mol. The van der Waals surface area contributed by atoms with E-state index in [1.165, 1.54) is 0 Å². The quantitative estimate of drug-likeness (QED) is 0.466. The molecule has 4 N–H and O–H groups in total. The molecule has 4 nitrogen and oxygen atoms in total. The Morgan fingerprint density at radius 2 is 2.14 bits per heavy atom. The summed E-state index contributed by atoms with van der Waals surface area (Å²) in [5, 5.41) is 12.0. The van der Waals surface area contributed by atoms with Gasteiger partial charge in [-0.1, -0.05) is 0 Å². The zero-order valence-electron chi connectivity index (χ0n) is 9.38. The van der Waals surface area contributed by atoms with E-state index in [1.807, 2.05) is 6.92 Å². The lowest BCUT2D eigenvalue weighted by molar-refractivity contribution is 0.0872. The molecule has 0 fully saturated rings. The number of nitrogens with one attached hydrogen (secondary N) is 1. The number of ether oxygens (including phenoxy) is 1. The van der Waals surface area contributed by atoms with E-state index in [4.69, 9.17) is 15.6 Å². The third-order valence-corrected chi connectivity index (χ3v) is 2.21. The molecule has 4 heteroatoms. The molecule has 0 rings (SSSR count). The van der Waals surface area contributed by atoms with Crippen molar-refractivity contribution in [3.8, 4) is 0 Å². The van der Waals surface area contributed by atoms with Gasteiger partial charge in [-0.15, -0.1) is 0 Å². The molecule has 1 unspecified atom stereocenters. The highest BCUT2D eigenvalue weighted by atomic mass is 16.5. The van der Waals surface area contributed by atoms with Crippen molar-refractivity contribution in [1.29, 1.82) is 0 Å². The van der Waals surface area contributed by atoms with Crippen molar-refractivity contribution in [2.75, 3.05) is 32.9 Å². The fraction of sp³-hybridized carbons (Fsp3) is 1.00. The van der Waals surface area contributed by atoms with E-state index in [0.717, 1.165) is 19.4 Å². The molecular formula is C10H24N2O2. The first kappa shape index (κ1) is 13.8. The van der Waals surface area contributed by atoms with Crippen LogP contribution in [-0.4, -0.2) is 43.6 Å². The van der Waals surface area contributed by atoms with Gasteiger partial charge in [0, 0.05) is 19.8 Å². The van der Waals surface area contributed by atoms with Crippen molar-refractivity contribution in [3.05, 3.63) is 0 Å². The summed E-state index contributed by atoms with van der Waals surface area (Å²) in [6.07, 6.45) is 1.81.